The molecule has 0 aromatic carbocycles. The molecule has 1 amide bonds. The van der Waals surface area contributed by atoms with Crippen LogP contribution in [0.2, 0.25) is 0 Å². The average molecular weight is 255 g/mol. The Morgan fingerprint density at radius 1 is 1.57 bits per heavy atom. The second-order valence-corrected chi connectivity index (χ2v) is 4.29. The molecule has 3 nitrogen and oxygen atoms in total. The average Bonchev–Trinajstić information content (AvgIpc) is 2.12. The number of nitrogens with zero attached hydrogens (tertiary/aromatic N) is 1. The number of amides is 1. The van der Waals surface area contributed by atoms with E-state index in [2.05, 4.69) is 26.2 Å². The second kappa shape index (κ2) is 4.09. The molecule has 0 aliphatic heterocycles. The molecule has 1 aromatic rings. The van der Waals surface area contributed by atoms with Gasteiger partial charge in [-0.05, 0) is 47.3 Å². The Kier molecular flexibility index (Phi) is 2.82. The van der Waals surface area contributed by atoms with E-state index < -0.39 is 0 Å². The van der Waals surface area contributed by atoms with Gasteiger partial charge in [0, 0.05) is 16.7 Å². The molecule has 4 heteroatoms. The lowest BCUT2D eigenvalue weighted by Gasteiger charge is -2.26. The lowest BCUT2D eigenvalue weighted by Crippen LogP contribution is -2.39. The highest BCUT2D eigenvalue weighted by Gasteiger charge is 2.21. The van der Waals surface area contributed by atoms with E-state index in [4.69, 9.17) is 0 Å². The van der Waals surface area contributed by atoms with Gasteiger partial charge in [0.2, 0.25) is 0 Å². The molecule has 14 heavy (non-hydrogen) atoms. The SMILES string of the molecule is O=C(NC1CCC1)c1ncccc1Br. The van der Waals surface area contributed by atoms with Crippen LogP contribution >= 0.6 is 15.9 Å². The van der Waals surface area contributed by atoms with Crippen molar-refractivity contribution < 1.29 is 4.79 Å². The molecule has 0 saturated heterocycles. The van der Waals surface area contributed by atoms with Crippen LogP contribution in [0.4, 0.5) is 0 Å². The Hall–Kier alpha value is -0.900. The number of pyridine rings is 1. The van der Waals surface area contributed by atoms with Crippen LogP contribution in [-0.2, 0) is 0 Å². The fourth-order valence-electron chi connectivity index (χ4n) is 1.36. The topological polar surface area (TPSA) is 42.0 Å². The van der Waals surface area contributed by atoms with E-state index in [0.29, 0.717) is 11.7 Å². The minimum Gasteiger partial charge on any atom is -0.348 e. The number of hydrogen-bond acceptors (Lipinski definition) is 2. The third kappa shape index (κ3) is 1.95. The molecule has 74 valence electrons. The van der Waals surface area contributed by atoms with Gasteiger partial charge in [-0.3, -0.25) is 4.79 Å². The highest BCUT2D eigenvalue weighted by molar-refractivity contribution is 9.10. The van der Waals surface area contributed by atoms with Crippen LogP contribution in [-0.4, -0.2) is 16.9 Å². The zero-order valence-electron chi connectivity index (χ0n) is 7.66. The number of rotatable bonds is 2. The summed E-state index contributed by atoms with van der Waals surface area (Å²) >= 11 is 3.30. The van der Waals surface area contributed by atoms with E-state index in [9.17, 15) is 4.79 Å². The zero-order chi connectivity index (χ0) is 9.97. The van der Waals surface area contributed by atoms with Gasteiger partial charge in [-0.25, -0.2) is 4.98 Å². The number of nitrogens with one attached hydrogen (secondary N) is 1. The third-order valence-corrected chi connectivity index (χ3v) is 3.05. The molecular formula is C10H11BrN2O. The van der Waals surface area contributed by atoms with E-state index in [-0.39, 0.29) is 5.91 Å². The van der Waals surface area contributed by atoms with Crippen molar-refractivity contribution in [2.75, 3.05) is 0 Å². The maximum atomic E-state index is 11.7. The number of aromatic nitrogens is 1. The maximum absolute atomic E-state index is 11.7. The van der Waals surface area contributed by atoms with Crippen molar-refractivity contribution >= 4 is 21.8 Å². The van der Waals surface area contributed by atoms with Crippen molar-refractivity contribution in [2.24, 2.45) is 0 Å². The Bertz CT molecular complexity index is 350. The Morgan fingerprint density at radius 2 is 2.36 bits per heavy atom. The van der Waals surface area contributed by atoms with Gasteiger partial charge in [0.1, 0.15) is 5.69 Å². The monoisotopic (exact) mass is 254 g/mol. The largest absolute Gasteiger partial charge is 0.348 e. The Labute approximate surface area is 91.0 Å². The van der Waals surface area contributed by atoms with Gasteiger partial charge in [0.15, 0.2) is 0 Å². The lowest BCUT2D eigenvalue weighted by molar-refractivity contribution is 0.0911. The number of hydrogen-bond donors (Lipinski definition) is 1. The summed E-state index contributed by atoms with van der Waals surface area (Å²) in [5, 5.41) is 2.94. The van der Waals surface area contributed by atoms with Gasteiger partial charge >= 0.3 is 0 Å². The molecule has 1 aromatic heterocycles. The summed E-state index contributed by atoms with van der Waals surface area (Å²) < 4.78 is 0.747. The van der Waals surface area contributed by atoms with E-state index in [1.807, 2.05) is 6.07 Å². The van der Waals surface area contributed by atoms with Gasteiger partial charge in [0.25, 0.3) is 5.91 Å². The van der Waals surface area contributed by atoms with Crippen molar-refractivity contribution in [3.8, 4) is 0 Å². The van der Waals surface area contributed by atoms with Gasteiger partial charge in [0.05, 0.1) is 0 Å². The highest BCUT2D eigenvalue weighted by Crippen LogP contribution is 2.19. The number of carbonyl (C=O) groups excluding carboxylic acids is 1. The molecule has 0 radical (unpaired) electrons. The molecule has 1 saturated carbocycles. The van der Waals surface area contributed by atoms with Crippen LogP contribution in [0, 0.1) is 0 Å². The summed E-state index contributed by atoms with van der Waals surface area (Å²) in [4.78, 5) is 15.7. The van der Waals surface area contributed by atoms with Crippen molar-refractivity contribution in [1.29, 1.82) is 0 Å². The number of halogens is 1. The standard InChI is InChI=1S/C10H11BrN2O/c11-8-5-2-6-12-9(8)10(14)13-7-3-1-4-7/h2,5-7H,1,3-4H2,(H,13,14). The molecule has 1 aliphatic carbocycles. The van der Waals surface area contributed by atoms with E-state index >= 15 is 0 Å². The van der Waals surface area contributed by atoms with Crippen molar-refractivity contribution in [2.45, 2.75) is 25.3 Å². The molecule has 0 spiro atoms. The molecule has 2 rings (SSSR count). The van der Waals surface area contributed by atoms with Crippen molar-refractivity contribution in [3.05, 3.63) is 28.5 Å². The van der Waals surface area contributed by atoms with Crippen LogP contribution in [0.15, 0.2) is 22.8 Å². The van der Waals surface area contributed by atoms with Gasteiger partial charge in [-0.1, -0.05) is 0 Å². The quantitative estimate of drug-likeness (QED) is 0.879. The Balaban J connectivity index is 2.06. The minimum atomic E-state index is -0.0813. The first-order valence-electron chi connectivity index (χ1n) is 4.69. The summed E-state index contributed by atoms with van der Waals surface area (Å²) in [5.41, 5.74) is 0.472. The predicted molar refractivity (Wildman–Crippen MR) is 57.0 cm³/mol. The molecule has 0 bridgehead atoms. The molecule has 1 N–H and O–H groups in total. The first-order chi connectivity index (χ1) is 6.77. The molecule has 0 unspecified atom stereocenters. The van der Waals surface area contributed by atoms with Crippen molar-refractivity contribution in [3.63, 3.8) is 0 Å². The van der Waals surface area contributed by atoms with Crippen LogP contribution < -0.4 is 5.32 Å². The summed E-state index contributed by atoms with van der Waals surface area (Å²) in [6.07, 6.45) is 5.03. The third-order valence-electron chi connectivity index (χ3n) is 2.41. The number of carbonyl (C=O) groups is 1. The van der Waals surface area contributed by atoms with E-state index in [0.717, 1.165) is 17.3 Å². The molecule has 0 atom stereocenters. The summed E-state index contributed by atoms with van der Waals surface area (Å²) in [6.45, 7) is 0. The predicted octanol–water partition coefficient (Wildman–Crippen LogP) is 2.13. The van der Waals surface area contributed by atoms with Gasteiger partial charge < -0.3 is 5.32 Å². The molecule has 1 heterocycles. The molecular weight excluding hydrogens is 244 g/mol. The summed E-state index contributed by atoms with van der Waals surface area (Å²) in [6, 6.07) is 3.98. The van der Waals surface area contributed by atoms with E-state index in [1.165, 1.54) is 6.42 Å². The highest BCUT2D eigenvalue weighted by atomic mass is 79.9. The molecule has 1 fully saturated rings. The Morgan fingerprint density at radius 3 is 2.93 bits per heavy atom. The first-order valence-corrected chi connectivity index (χ1v) is 5.48. The summed E-state index contributed by atoms with van der Waals surface area (Å²) in [7, 11) is 0. The maximum Gasteiger partial charge on any atom is 0.271 e. The van der Waals surface area contributed by atoms with Crippen LogP contribution in [0.3, 0.4) is 0 Å². The smallest absolute Gasteiger partial charge is 0.271 e. The molecule has 1 aliphatic rings. The van der Waals surface area contributed by atoms with Gasteiger partial charge in [-0.15, -0.1) is 0 Å². The normalized spacial score (nSPS) is 16.1. The minimum absolute atomic E-state index is 0.0813. The fraction of sp³-hybridized carbons (Fsp3) is 0.400. The zero-order valence-corrected chi connectivity index (χ0v) is 9.25. The first kappa shape index (κ1) is 9.65. The van der Waals surface area contributed by atoms with Crippen LogP contribution in [0.5, 0.6) is 0 Å². The van der Waals surface area contributed by atoms with Gasteiger partial charge in [-0.2, -0.15) is 0 Å². The van der Waals surface area contributed by atoms with Crippen LogP contribution in [0.25, 0.3) is 0 Å². The fourth-order valence-corrected chi connectivity index (χ4v) is 1.79. The summed E-state index contributed by atoms with van der Waals surface area (Å²) in [5.74, 6) is -0.0813. The van der Waals surface area contributed by atoms with Crippen molar-refractivity contribution in [1.82, 2.24) is 10.3 Å². The van der Waals surface area contributed by atoms with Crippen LogP contribution in [0.1, 0.15) is 29.8 Å². The second-order valence-electron chi connectivity index (χ2n) is 3.44. The lowest BCUT2D eigenvalue weighted by atomic mass is 9.93. The van der Waals surface area contributed by atoms with E-state index in [1.54, 1.807) is 12.3 Å².